The third-order valence-corrected chi connectivity index (χ3v) is 3.92. The van der Waals surface area contributed by atoms with Crippen LogP contribution in [0.1, 0.15) is 0 Å². The number of amides is 1. The van der Waals surface area contributed by atoms with E-state index >= 15 is 0 Å². The van der Waals surface area contributed by atoms with Crippen LogP contribution in [0.2, 0.25) is 5.02 Å². The Morgan fingerprint density at radius 1 is 1.59 bits per heavy atom. The Bertz CT molecular complexity index is 441. The van der Waals surface area contributed by atoms with Crippen molar-refractivity contribution in [2.45, 2.75) is 6.04 Å². The summed E-state index contributed by atoms with van der Waals surface area (Å²) in [6.07, 6.45) is 0. The van der Waals surface area contributed by atoms with E-state index in [9.17, 15) is 4.79 Å². The first-order valence-corrected chi connectivity index (χ1v) is 6.35. The van der Waals surface area contributed by atoms with E-state index in [1.54, 1.807) is 0 Å². The van der Waals surface area contributed by atoms with Crippen molar-refractivity contribution in [3.63, 3.8) is 0 Å². The molecule has 17 heavy (non-hydrogen) atoms. The molecule has 1 fully saturated rings. The van der Waals surface area contributed by atoms with Gasteiger partial charge in [0.15, 0.2) is 0 Å². The zero-order valence-corrected chi connectivity index (χ0v) is 11.4. The van der Waals surface area contributed by atoms with E-state index in [1.807, 2.05) is 23.1 Å². The highest BCUT2D eigenvalue weighted by molar-refractivity contribution is 9.10. The minimum Gasteiger partial charge on any atom is -0.377 e. The van der Waals surface area contributed by atoms with Crippen LogP contribution in [0.5, 0.6) is 0 Å². The van der Waals surface area contributed by atoms with Crippen molar-refractivity contribution in [2.24, 2.45) is 5.73 Å². The molecule has 1 atom stereocenters. The number of halogens is 2. The van der Waals surface area contributed by atoms with Crippen LogP contribution in [0, 0.1) is 0 Å². The number of morpholine rings is 1. The average molecular weight is 320 g/mol. The molecule has 1 aromatic rings. The summed E-state index contributed by atoms with van der Waals surface area (Å²) < 4.78 is 6.09. The number of anilines is 1. The topological polar surface area (TPSA) is 55.6 Å². The summed E-state index contributed by atoms with van der Waals surface area (Å²) in [6.45, 7) is 1.53. The number of primary amides is 1. The normalized spacial score (nSPS) is 20.4. The van der Waals surface area contributed by atoms with Crippen LogP contribution in [0.15, 0.2) is 22.7 Å². The van der Waals surface area contributed by atoms with E-state index < -0.39 is 6.04 Å². The van der Waals surface area contributed by atoms with E-state index in [0.29, 0.717) is 24.8 Å². The Morgan fingerprint density at radius 2 is 2.35 bits per heavy atom. The lowest BCUT2D eigenvalue weighted by Crippen LogP contribution is -2.52. The number of carbonyl (C=O) groups is 1. The van der Waals surface area contributed by atoms with Gasteiger partial charge in [0.05, 0.1) is 18.2 Å². The van der Waals surface area contributed by atoms with E-state index in [4.69, 9.17) is 22.1 Å². The molecule has 1 aliphatic heterocycles. The lowest BCUT2D eigenvalue weighted by atomic mass is 10.2. The molecule has 0 spiro atoms. The highest BCUT2D eigenvalue weighted by Crippen LogP contribution is 2.29. The molecule has 0 aliphatic carbocycles. The van der Waals surface area contributed by atoms with Gasteiger partial charge in [0.1, 0.15) is 6.04 Å². The molecule has 4 nitrogen and oxygen atoms in total. The third kappa shape index (κ3) is 2.73. The maximum Gasteiger partial charge on any atom is 0.242 e. The minimum absolute atomic E-state index is 0.322. The Kier molecular flexibility index (Phi) is 3.91. The summed E-state index contributed by atoms with van der Waals surface area (Å²) in [6, 6.07) is 5.14. The van der Waals surface area contributed by atoms with E-state index in [0.717, 1.165) is 10.2 Å². The first-order valence-electron chi connectivity index (χ1n) is 5.18. The zero-order chi connectivity index (χ0) is 12.4. The molecular weight excluding hydrogens is 307 g/mol. The van der Waals surface area contributed by atoms with Crippen molar-refractivity contribution in [1.29, 1.82) is 0 Å². The van der Waals surface area contributed by atoms with Crippen LogP contribution in [-0.4, -0.2) is 31.7 Å². The van der Waals surface area contributed by atoms with Gasteiger partial charge >= 0.3 is 0 Å². The van der Waals surface area contributed by atoms with Gasteiger partial charge in [-0.15, -0.1) is 0 Å². The van der Waals surface area contributed by atoms with Crippen molar-refractivity contribution in [2.75, 3.05) is 24.7 Å². The third-order valence-electron chi connectivity index (χ3n) is 2.69. The number of hydrogen-bond acceptors (Lipinski definition) is 3. The van der Waals surface area contributed by atoms with Crippen molar-refractivity contribution in [3.05, 3.63) is 27.7 Å². The SMILES string of the molecule is NC(=O)C1COCCN1c1ccc(Br)c(Cl)c1. The fraction of sp³-hybridized carbons (Fsp3) is 0.364. The molecule has 1 aliphatic rings. The molecule has 2 N–H and O–H groups in total. The molecule has 6 heteroatoms. The van der Waals surface area contributed by atoms with E-state index in [-0.39, 0.29) is 5.91 Å². The average Bonchev–Trinajstić information content (AvgIpc) is 2.32. The van der Waals surface area contributed by atoms with Crippen molar-refractivity contribution in [3.8, 4) is 0 Å². The van der Waals surface area contributed by atoms with Gasteiger partial charge < -0.3 is 15.4 Å². The van der Waals surface area contributed by atoms with Gasteiger partial charge in [-0.25, -0.2) is 0 Å². The number of nitrogens with zero attached hydrogens (tertiary/aromatic N) is 1. The maximum atomic E-state index is 11.3. The van der Waals surface area contributed by atoms with Crippen LogP contribution in [0.25, 0.3) is 0 Å². The second kappa shape index (κ2) is 5.25. The summed E-state index contributed by atoms with van der Waals surface area (Å²) in [5.74, 6) is -0.385. The van der Waals surface area contributed by atoms with Gasteiger partial charge in [0.25, 0.3) is 0 Å². The highest BCUT2D eigenvalue weighted by atomic mass is 79.9. The van der Waals surface area contributed by atoms with Gasteiger partial charge in [0.2, 0.25) is 5.91 Å². The number of ether oxygens (including phenoxy) is 1. The number of nitrogens with two attached hydrogens (primary N) is 1. The molecule has 1 heterocycles. The molecular formula is C11H12BrClN2O2. The van der Waals surface area contributed by atoms with Crippen LogP contribution >= 0.6 is 27.5 Å². The molecule has 1 amide bonds. The summed E-state index contributed by atoms with van der Waals surface area (Å²) in [5.41, 5.74) is 6.24. The first kappa shape index (κ1) is 12.7. The van der Waals surface area contributed by atoms with E-state index in [2.05, 4.69) is 15.9 Å². The number of rotatable bonds is 2. The van der Waals surface area contributed by atoms with Gasteiger partial charge in [-0.05, 0) is 34.1 Å². The fourth-order valence-corrected chi connectivity index (χ4v) is 2.23. The summed E-state index contributed by atoms with van der Waals surface area (Å²) in [7, 11) is 0. The summed E-state index contributed by atoms with van der Waals surface area (Å²) >= 11 is 9.37. The molecule has 1 saturated heterocycles. The fourth-order valence-electron chi connectivity index (χ4n) is 1.81. The van der Waals surface area contributed by atoms with Crippen molar-refractivity contribution in [1.82, 2.24) is 0 Å². The molecule has 0 aromatic heterocycles. The molecule has 0 bridgehead atoms. The van der Waals surface area contributed by atoms with Gasteiger partial charge in [0, 0.05) is 16.7 Å². The standard InChI is InChI=1S/C11H12BrClN2O2/c12-8-2-1-7(5-9(8)13)15-3-4-17-6-10(15)11(14)16/h1-2,5,10H,3-4,6H2,(H2,14,16). The molecule has 1 aromatic carbocycles. The minimum atomic E-state index is -0.430. The maximum absolute atomic E-state index is 11.3. The smallest absolute Gasteiger partial charge is 0.242 e. The molecule has 0 saturated carbocycles. The Morgan fingerprint density at radius 3 is 3.00 bits per heavy atom. The Balaban J connectivity index is 2.29. The molecule has 1 unspecified atom stereocenters. The molecule has 0 radical (unpaired) electrons. The Labute approximate surface area is 113 Å². The zero-order valence-electron chi connectivity index (χ0n) is 9.03. The van der Waals surface area contributed by atoms with Crippen LogP contribution < -0.4 is 10.6 Å². The van der Waals surface area contributed by atoms with E-state index in [1.165, 1.54) is 0 Å². The molecule has 2 rings (SSSR count). The van der Waals surface area contributed by atoms with Gasteiger partial charge in [-0.3, -0.25) is 4.79 Å². The summed E-state index contributed by atoms with van der Waals surface area (Å²) in [5, 5.41) is 0.609. The second-order valence-electron chi connectivity index (χ2n) is 3.78. The largest absolute Gasteiger partial charge is 0.377 e. The Hall–Kier alpha value is -0.780. The monoisotopic (exact) mass is 318 g/mol. The van der Waals surface area contributed by atoms with Crippen molar-refractivity contribution >= 4 is 39.1 Å². The molecule has 92 valence electrons. The van der Waals surface area contributed by atoms with Gasteiger partial charge in [-0.2, -0.15) is 0 Å². The number of benzene rings is 1. The predicted molar refractivity (Wildman–Crippen MR) is 70.3 cm³/mol. The van der Waals surface area contributed by atoms with Gasteiger partial charge in [-0.1, -0.05) is 11.6 Å². The first-order chi connectivity index (χ1) is 8.09. The lowest BCUT2D eigenvalue weighted by Gasteiger charge is -2.35. The van der Waals surface area contributed by atoms with Crippen LogP contribution in [0.3, 0.4) is 0 Å². The highest BCUT2D eigenvalue weighted by Gasteiger charge is 2.28. The quantitative estimate of drug-likeness (QED) is 0.904. The number of hydrogen-bond donors (Lipinski definition) is 1. The van der Waals surface area contributed by atoms with Crippen molar-refractivity contribution < 1.29 is 9.53 Å². The summed E-state index contributed by atoms with van der Waals surface area (Å²) in [4.78, 5) is 13.3. The lowest BCUT2D eigenvalue weighted by molar-refractivity contribution is -0.121. The predicted octanol–water partition coefficient (Wildman–Crippen LogP) is 1.79. The van der Waals surface area contributed by atoms with Crippen LogP contribution in [0.4, 0.5) is 5.69 Å². The number of carbonyl (C=O) groups excluding carboxylic acids is 1. The second-order valence-corrected chi connectivity index (χ2v) is 5.05. The van der Waals surface area contributed by atoms with Crippen LogP contribution in [-0.2, 0) is 9.53 Å².